The van der Waals surface area contributed by atoms with Gasteiger partial charge >= 0.3 is 5.97 Å². The molecule has 10 nitrogen and oxygen atoms in total. The summed E-state index contributed by atoms with van der Waals surface area (Å²) in [5.41, 5.74) is 8.59. The maximum absolute atomic E-state index is 13.3. The van der Waals surface area contributed by atoms with Gasteiger partial charge in [0.15, 0.2) is 0 Å². The van der Waals surface area contributed by atoms with Crippen molar-refractivity contribution >= 4 is 34.6 Å². The molecule has 208 valence electrons. The Morgan fingerprint density at radius 2 is 1.46 bits per heavy atom. The van der Waals surface area contributed by atoms with E-state index in [1.165, 1.54) is 6.92 Å². The lowest BCUT2D eigenvalue weighted by molar-refractivity contribution is -0.142. The maximum Gasteiger partial charge on any atom is 0.326 e. The number of carbonyl (C=O) groups excluding carboxylic acids is 3. The fraction of sp³-hybridized carbons (Fsp3) is 0.379. The Balaban J connectivity index is 1.72. The summed E-state index contributed by atoms with van der Waals surface area (Å²) in [6.45, 7) is 5.22. The third-order valence-electron chi connectivity index (χ3n) is 6.44. The van der Waals surface area contributed by atoms with Gasteiger partial charge in [-0.25, -0.2) is 4.79 Å². The van der Waals surface area contributed by atoms with E-state index >= 15 is 0 Å². The van der Waals surface area contributed by atoms with Gasteiger partial charge in [-0.1, -0.05) is 62.4 Å². The Bertz CT molecular complexity index is 1290. The molecule has 0 aliphatic heterocycles. The van der Waals surface area contributed by atoms with Crippen molar-refractivity contribution in [2.45, 2.75) is 64.2 Å². The minimum atomic E-state index is -1.15. The SMILES string of the molecule is CC(C)CC(NC(=O)C(Cc1c[nH]c2ccccc12)NC(=O)C(C)NC(=O)C(N)Cc1ccccc1)C(=O)O. The minimum Gasteiger partial charge on any atom is -0.480 e. The third kappa shape index (κ3) is 8.41. The van der Waals surface area contributed by atoms with Crippen molar-refractivity contribution < 1.29 is 24.3 Å². The van der Waals surface area contributed by atoms with Crippen LogP contribution in [0.1, 0.15) is 38.3 Å². The van der Waals surface area contributed by atoms with Crippen LogP contribution in [0.5, 0.6) is 0 Å². The van der Waals surface area contributed by atoms with Crippen molar-refractivity contribution in [3.63, 3.8) is 0 Å². The van der Waals surface area contributed by atoms with E-state index in [1.807, 2.05) is 68.4 Å². The van der Waals surface area contributed by atoms with E-state index in [0.29, 0.717) is 6.42 Å². The number of rotatable bonds is 13. The molecule has 7 N–H and O–H groups in total. The first kappa shape index (κ1) is 29.4. The van der Waals surface area contributed by atoms with Crippen molar-refractivity contribution in [3.05, 3.63) is 71.9 Å². The number of nitrogens with one attached hydrogen (secondary N) is 4. The smallest absolute Gasteiger partial charge is 0.326 e. The van der Waals surface area contributed by atoms with Gasteiger partial charge in [-0.3, -0.25) is 14.4 Å². The summed E-state index contributed by atoms with van der Waals surface area (Å²) in [7, 11) is 0. The standard InChI is InChI=1S/C29H37N5O5/c1-17(2)13-25(29(38)39)34-28(37)24(15-20-16-31-23-12-8-7-11-21(20)23)33-26(35)18(3)32-27(36)22(30)14-19-9-5-4-6-10-19/h4-12,16-18,22,24-25,31H,13-15,30H2,1-3H3,(H,32,36)(H,33,35)(H,34,37)(H,38,39). The molecule has 1 aromatic heterocycles. The first-order valence-electron chi connectivity index (χ1n) is 13.0. The van der Waals surface area contributed by atoms with E-state index in [2.05, 4.69) is 20.9 Å². The van der Waals surface area contributed by atoms with Crippen LogP contribution >= 0.6 is 0 Å². The molecule has 3 aromatic rings. The monoisotopic (exact) mass is 535 g/mol. The van der Waals surface area contributed by atoms with Gasteiger partial charge in [-0.2, -0.15) is 0 Å². The Morgan fingerprint density at radius 3 is 2.13 bits per heavy atom. The van der Waals surface area contributed by atoms with Crippen LogP contribution in [-0.4, -0.2) is 57.9 Å². The van der Waals surface area contributed by atoms with Crippen LogP contribution in [0.4, 0.5) is 0 Å². The first-order valence-corrected chi connectivity index (χ1v) is 13.0. The van der Waals surface area contributed by atoms with Crippen molar-refractivity contribution in [2.24, 2.45) is 11.7 Å². The van der Waals surface area contributed by atoms with Crippen molar-refractivity contribution in [3.8, 4) is 0 Å². The molecule has 10 heteroatoms. The number of hydrogen-bond acceptors (Lipinski definition) is 5. The Hall–Kier alpha value is -4.18. The average molecular weight is 536 g/mol. The number of amides is 3. The van der Waals surface area contributed by atoms with Crippen molar-refractivity contribution in [1.82, 2.24) is 20.9 Å². The summed E-state index contributed by atoms with van der Waals surface area (Å²) in [4.78, 5) is 53.9. The highest BCUT2D eigenvalue weighted by molar-refractivity contribution is 5.94. The predicted molar refractivity (Wildman–Crippen MR) is 149 cm³/mol. The molecular weight excluding hydrogens is 498 g/mol. The molecule has 3 rings (SSSR count). The Labute approximate surface area is 227 Å². The lowest BCUT2D eigenvalue weighted by Gasteiger charge is -2.24. The van der Waals surface area contributed by atoms with E-state index in [4.69, 9.17) is 5.73 Å². The van der Waals surface area contributed by atoms with E-state index < -0.39 is 47.9 Å². The number of aromatic amines is 1. The van der Waals surface area contributed by atoms with Crippen LogP contribution in [0.15, 0.2) is 60.8 Å². The van der Waals surface area contributed by atoms with Crippen LogP contribution in [0.2, 0.25) is 0 Å². The van der Waals surface area contributed by atoms with Gasteiger partial charge < -0.3 is 31.8 Å². The number of fused-ring (bicyclic) bond motifs is 1. The molecule has 0 aliphatic rings. The zero-order valence-electron chi connectivity index (χ0n) is 22.4. The van der Waals surface area contributed by atoms with Crippen LogP contribution in [0.25, 0.3) is 10.9 Å². The highest BCUT2D eigenvalue weighted by Crippen LogP contribution is 2.19. The highest BCUT2D eigenvalue weighted by atomic mass is 16.4. The lowest BCUT2D eigenvalue weighted by Crippen LogP contribution is -2.57. The first-order chi connectivity index (χ1) is 18.5. The molecule has 39 heavy (non-hydrogen) atoms. The molecule has 2 aromatic carbocycles. The number of para-hydroxylation sites is 1. The number of nitrogens with two attached hydrogens (primary N) is 1. The predicted octanol–water partition coefficient (Wildman–Crippen LogP) is 1.89. The van der Waals surface area contributed by atoms with E-state index in [0.717, 1.165) is 22.0 Å². The summed E-state index contributed by atoms with van der Waals surface area (Å²) >= 11 is 0. The quantitative estimate of drug-likeness (QED) is 0.195. The van der Waals surface area contributed by atoms with Crippen molar-refractivity contribution in [2.75, 3.05) is 0 Å². The number of benzene rings is 2. The molecule has 1 heterocycles. The lowest BCUT2D eigenvalue weighted by atomic mass is 10.0. The zero-order valence-corrected chi connectivity index (χ0v) is 22.4. The molecule has 3 amide bonds. The van der Waals surface area contributed by atoms with Crippen LogP contribution in [0, 0.1) is 5.92 Å². The molecule has 4 unspecified atom stereocenters. The van der Waals surface area contributed by atoms with E-state index in [-0.39, 0.29) is 18.8 Å². The minimum absolute atomic E-state index is 0.0309. The number of aromatic nitrogens is 1. The molecule has 4 atom stereocenters. The van der Waals surface area contributed by atoms with E-state index in [1.54, 1.807) is 6.20 Å². The summed E-state index contributed by atoms with van der Waals surface area (Å²) in [5, 5.41) is 18.4. The van der Waals surface area contributed by atoms with Crippen molar-refractivity contribution in [1.29, 1.82) is 0 Å². The topological polar surface area (TPSA) is 166 Å². The molecule has 0 saturated carbocycles. The molecule has 0 fully saturated rings. The Morgan fingerprint density at radius 1 is 0.821 bits per heavy atom. The van der Waals surface area contributed by atoms with Gasteiger partial charge in [0.1, 0.15) is 18.1 Å². The highest BCUT2D eigenvalue weighted by Gasteiger charge is 2.30. The van der Waals surface area contributed by atoms with Crippen LogP contribution in [-0.2, 0) is 32.0 Å². The number of carboxylic acid groups (broad SMARTS) is 1. The molecule has 0 aliphatic carbocycles. The van der Waals surface area contributed by atoms with Gasteiger partial charge in [-0.15, -0.1) is 0 Å². The third-order valence-corrected chi connectivity index (χ3v) is 6.44. The second kappa shape index (κ2) is 13.6. The molecule has 0 bridgehead atoms. The Kier molecular flexibility index (Phi) is 10.2. The number of carbonyl (C=O) groups is 4. The fourth-order valence-electron chi connectivity index (χ4n) is 4.34. The van der Waals surface area contributed by atoms with E-state index in [9.17, 15) is 24.3 Å². The number of H-pyrrole nitrogens is 1. The number of carboxylic acids is 1. The second-order valence-electron chi connectivity index (χ2n) is 10.2. The second-order valence-corrected chi connectivity index (χ2v) is 10.2. The molecule has 0 radical (unpaired) electrons. The number of hydrogen-bond donors (Lipinski definition) is 6. The molecule has 0 spiro atoms. The normalized spacial score (nSPS) is 14.3. The summed E-state index contributed by atoms with van der Waals surface area (Å²) < 4.78 is 0. The maximum atomic E-state index is 13.3. The van der Waals surface area contributed by atoms with Crippen LogP contribution < -0.4 is 21.7 Å². The fourth-order valence-corrected chi connectivity index (χ4v) is 4.34. The summed E-state index contributed by atoms with van der Waals surface area (Å²) in [5.74, 6) is -2.83. The van der Waals surface area contributed by atoms with Crippen LogP contribution in [0.3, 0.4) is 0 Å². The zero-order chi connectivity index (χ0) is 28.5. The largest absolute Gasteiger partial charge is 0.480 e. The summed E-state index contributed by atoms with van der Waals surface area (Å²) in [6, 6.07) is 12.8. The van der Waals surface area contributed by atoms with Gasteiger partial charge in [0, 0.05) is 23.5 Å². The molecular formula is C29H37N5O5. The van der Waals surface area contributed by atoms with Gasteiger partial charge in [-0.05, 0) is 42.9 Å². The van der Waals surface area contributed by atoms with Gasteiger partial charge in [0.05, 0.1) is 6.04 Å². The molecule has 0 saturated heterocycles. The number of aliphatic carboxylic acids is 1. The van der Waals surface area contributed by atoms with Gasteiger partial charge in [0.2, 0.25) is 17.7 Å². The summed E-state index contributed by atoms with van der Waals surface area (Å²) in [6.07, 6.45) is 2.41. The van der Waals surface area contributed by atoms with Gasteiger partial charge in [0.25, 0.3) is 0 Å². The average Bonchev–Trinajstić information content (AvgIpc) is 3.30.